The first-order valence-corrected chi connectivity index (χ1v) is 5.82. The van der Waals surface area contributed by atoms with Crippen molar-refractivity contribution in [3.8, 4) is 5.75 Å². The van der Waals surface area contributed by atoms with Gasteiger partial charge in [-0.2, -0.15) is 21.0 Å². The van der Waals surface area contributed by atoms with E-state index in [9.17, 15) is 12.3 Å². The van der Waals surface area contributed by atoms with Crippen LogP contribution in [-0.2, 0) is 16.3 Å². The van der Waals surface area contributed by atoms with Crippen molar-refractivity contribution in [2.45, 2.75) is 5.75 Å². The SMILES string of the molecule is [N-]=[N+]=Nc1cc(CS)cc(OS(=O)(=O)F)c1. The van der Waals surface area contributed by atoms with Crippen LogP contribution in [0.2, 0.25) is 0 Å². The van der Waals surface area contributed by atoms with Crippen LogP contribution >= 0.6 is 12.6 Å². The summed E-state index contributed by atoms with van der Waals surface area (Å²) in [4.78, 5) is 2.52. The summed E-state index contributed by atoms with van der Waals surface area (Å²) in [7, 11) is -5.09. The molecule has 0 spiro atoms. The summed E-state index contributed by atoms with van der Waals surface area (Å²) in [5.74, 6) is -0.00579. The molecule has 0 atom stereocenters. The zero-order valence-electron chi connectivity index (χ0n) is 7.74. The first-order valence-electron chi connectivity index (χ1n) is 3.88. The van der Waals surface area contributed by atoms with Gasteiger partial charge in [0.2, 0.25) is 0 Å². The van der Waals surface area contributed by atoms with Crippen LogP contribution in [0.25, 0.3) is 10.4 Å². The molecule has 0 aliphatic carbocycles. The van der Waals surface area contributed by atoms with Gasteiger partial charge in [-0.15, -0.1) is 0 Å². The Balaban J connectivity index is 3.18. The minimum atomic E-state index is -5.09. The molecule has 0 aliphatic rings. The van der Waals surface area contributed by atoms with Crippen molar-refractivity contribution in [1.82, 2.24) is 0 Å². The van der Waals surface area contributed by atoms with E-state index in [0.717, 1.165) is 6.07 Å². The van der Waals surface area contributed by atoms with Gasteiger partial charge in [0.1, 0.15) is 5.75 Å². The Morgan fingerprint density at radius 2 is 2.19 bits per heavy atom. The standard InChI is InChI=1S/C7H6FN3O3S2/c8-16(12,13)14-7-2-5(4-15)1-6(3-7)10-11-9/h1-3,15H,4H2. The van der Waals surface area contributed by atoms with E-state index in [1.54, 1.807) is 0 Å². The summed E-state index contributed by atoms with van der Waals surface area (Å²) >= 11 is 3.95. The number of hydrogen-bond donors (Lipinski definition) is 1. The van der Waals surface area contributed by atoms with Crippen LogP contribution in [0.3, 0.4) is 0 Å². The van der Waals surface area contributed by atoms with Gasteiger partial charge >= 0.3 is 10.5 Å². The van der Waals surface area contributed by atoms with Crippen LogP contribution < -0.4 is 4.18 Å². The lowest BCUT2D eigenvalue weighted by molar-refractivity contribution is 0.440. The Kier molecular flexibility index (Phi) is 3.99. The predicted molar refractivity (Wildman–Crippen MR) is 58.6 cm³/mol. The van der Waals surface area contributed by atoms with Crippen LogP contribution in [0, 0.1) is 0 Å². The number of halogens is 1. The molecule has 0 radical (unpaired) electrons. The summed E-state index contributed by atoms with van der Waals surface area (Å²) < 4.78 is 36.8. The highest BCUT2D eigenvalue weighted by molar-refractivity contribution is 7.81. The van der Waals surface area contributed by atoms with Gasteiger partial charge in [-0.05, 0) is 29.3 Å². The minimum absolute atomic E-state index is 0.118. The average Bonchev–Trinajstić information content (AvgIpc) is 2.15. The second-order valence-corrected chi connectivity index (χ2v) is 3.93. The molecule has 0 aliphatic heterocycles. The number of nitrogens with zero attached hydrogens (tertiary/aromatic N) is 3. The van der Waals surface area contributed by atoms with E-state index >= 15 is 0 Å². The Morgan fingerprint density at radius 1 is 1.50 bits per heavy atom. The molecule has 1 aromatic rings. The molecule has 9 heteroatoms. The van der Waals surface area contributed by atoms with Crippen LogP contribution in [0.1, 0.15) is 5.56 Å². The van der Waals surface area contributed by atoms with Crippen molar-refractivity contribution in [3.63, 3.8) is 0 Å². The topological polar surface area (TPSA) is 92.1 Å². The third-order valence-electron chi connectivity index (χ3n) is 1.49. The lowest BCUT2D eigenvalue weighted by atomic mass is 10.2. The molecule has 0 N–H and O–H groups in total. The van der Waals surface area contributed by atoms with Gasteiger partial charge in [0.15, 0.2) is 0 Å². The lowest BCUT2D eigenvalue weighted by Crippen LogP contribution is -2.01. The Labute approximate surface area is 96.5 Å². The fraction of sp³-hybridized carbons (Fsp3) is 0.143. The van der Waals surface area contributed by atoms with Gasteiger partial charge in [-0.3, -0.25) is 0 Å². The molecule has 0 bridgehead atoms. The summed E-state index contributed by atoms with van der Waals surface area (Å²) in [5.41, 5.74) is 8.87. The van der Waals surface area contributed by atoms with Gasteiger partial charge < -0.3 is 4.18 Å². The van der Waals surface area contributed by atoms with Crippen LogP contribution in [0.5, 0.6) is 5.75 Å². The van der Waals surface area contributed by atoms with Gasteiger partial charge in [0, 0.05) is 16.4 Å². The van der Waals surface area contributed by atoms with E-state index in [4.69, 9.17) is 5.53 Å². The highest BCUT2D eigenvalue weighted by atomic mass is 32.3. The zero-order valence-corrected chi connectivity index (χ0v) is 9.45. The smallest absolute Gasteiger partial charge is 0.358 e. The van der Waals surface area contributed by atoms with Gasteiger partial charge in [-0.25, -0.2) is 0 Å². The first-order chi connectivity index (χ1) is 7.44. The number of benzene rings is 1. The van der Waals surface area contributed by atoms with Crippen molar-refractivity contribution >= 4 is 28.8 Å². The normalized spacial score (nSPS) is 10.6. The number of hydrogen-bond acceptors (Lipinski definition) is 5. The van der Waals surface area contributed by atoms with E-state index in [-0.39, 0.29) is 17.2 Å². The van der Waals surface area contributed by atoms with Crippen molar-refractivity contribution in [2.24, 2.45) is 5.11 Å². The Morgan fingerprint density at radius 3 is 2.69 bits per heavy atom. The fourth-order valence-corrected chi connectivity index (χ4v) is 1.52. The molecule has 6 nitrogen and oxygen atoms in total. The van der Waals surface area contributed by atoms with Crippen molar-refractivity contribution in [2.75, 3.05) is 0 Å². The largest absolute Gasteiger partial charge is 0.488 e. The fourth-order valence-electron chi connectivity index (χ4n) is 1.01. The number of thiol groups is 1. The van der Waals surface area contributed by atoms with Gasteiger partial charge in [0.05, 0.1) is 0 Å². The van der Waals surface area contributed by atoms with Crippen molar-refractivity contribution in [3.05, 3.63) is 34.2 Å². The van der Waals surface area contributed by atoms with E-state index in [0.29, 0.717) is 5.56 Å². The summed E-state index contributed by atoms with van der Waals surface area (Å²) in [6.07, 6.45) is 0. The second kappa shape index (κ2) is 5.06. The summed E-state index contributed by atoms with van der Waals surface area (Å²) in [6.45, 7) is 0. The average molecular weight is 263 g/mol. The predicted octanol–water partition coefficient (Wildman–Crippen LogP) is 2.65. The maximum Gasteiger partial charge on any atom is 0.488 e. The minimum Gasteiger partial charge on any atom is -0.358 e. The molecule has 16 heavy (non-hydrogen) atoms. The summed E-state index contributed by atoms with van der Waals surface area (Å²) in [6, 6.07) is 3.86. The molecule has 0 amide bonds. The molecule has 1 aromatic carbocycles. The van der Waals surface area contributed by atoms with E-state index in [1.165, 1.54) is 12.1 Å². The molecule has 86 valence electrons. The highest BCUT2D eigenvalue weighted by Crippen LogP contribution is 2.25. The molecule has 0 fully saturated rings. The van der Waals surface area contributed by atoms with Crippen LogP contribution in [0.4, 0.5) is 9.57 Å². The molecule has 0 heterocycles. The summed E-state index contributed by atoms with van der Waals surface area (Å²) in [5, 5.41) is 3.26. The molecule has 0 aromatic heterocycles. The van der Waals surface area contributed by atoms with Crippen LogP contribution in [-0.4, -0.2) is 8.42 Å². The zero-order chi connectivity index (χ0) is 12.2. The highest BCUT2D eigenvalue weighted by Gasteiger charge is 2.10. The monoisotopic (exact) mass is 263 g/mol. The maximum absolute atomic E-state index is 12.3. The Bertz CT molecular complexity index is 540. The van der Waals surface area contributed by atoms with Crippen molar-refractivity contribution in [1.29, 1.82) is 0 Å². The van der Waals surface area contributed by atoms with Crippen LogP contribution in [0.15, 0.2) is 23.3 Å². The van der Waals surface area contributed by atoms with Gasteiger partial charge in [0.25, 0.3) is 0 Å². The van der Waals surface area contributed by atoms with Crippen molar-refractivity contribution < 1.29 is 16.5 Å². The quantitative estimate of drug-likeness (QED) is 0.297. The second-order valence-electron chi connectivity index (χ2n) is 2.66. The molecule has 0 unspecified atom stereocenters. The number of rotatable bonds is 4. The first kappa shape index (κ1) is 12.6. The van der Waals surface area contributed by atoms with Gasteiger partial charge in [-0.1, -0.05) is 9.00 Å². The van der Waals surface area contributed by atoms with E-state index < -0.39 is 10.5 Å². The third-order valence-corrected chi connectivity index (χ3v) is 2.25. The van der Waals surface area contributed by atoms with E-state index in [1.807, 2.05) is 0 Å². The third kappa shape index (κ3) is 3.97. The molecule has 1 rings (SSSR count). The molecular weight excluding hydrogens is 257 g/mol. The molecule has 0 saturated heterocycles. The number of azide groups is 1. The van der Waals surface area contributed by atoms with E-state index in [2.05, 4.69) is 26.8 Å². The molecule has 0 saturated carbocycles. The lowest BCUT2D eigenvalue weighted by Gasteiger charge is -2.03. The maximum atomic E-state index is 12.3. The Hall–Kier alpha value is -1.44. The molecular formula is C7H6FN3O3S2.